The van der Waals surface area contributed by atoms with Crippen LogP contribution in [-0.2, 0) is 13.0 Å². The van der Waals surface area contributed by atoms with Crippen LogP contribution in [0.2, 0.25) is 0 Å². The number of nitriles is 1. The van der Waals surface area contributed by atoms with Gasteiger partial charge in [-0.15, -0.1) is 0 Å². The molecule has 4 rings (SSSR count). The molecule has 0 radical (unpaired) electrons. The molecule has 6 heteroatoms. The number of hydrogen-bond donors (Lipinski definition) is 1. The molecule has 3 aromatic heterocycles. The van der Waals surface area contributed by atoms with Crippen molar-refractivity contribution in [3.05, 3.63) is 90.1 Å². The minimum Gasteiger partial charge on any atom is -0.332 e. The molecule has 3 heterocycles. The third kappa shape index (κ3) is 4.21. The maximum absolute atomic E-state index is 9.33. The van der Waals surface area contributed by atoms with Gasteiger partial charge in [-0.1, -0.05) is 18.2 Å². The van der Waals surface area contributed by atoms with Crippen molar-refractivity contribution in [1.82, 2.24) is 19.5 Å². The van der Waals surface area contributed by atoms with Gasteiger partial charge in [0.2, 0.25) is 0 Å². The largest absolute Gasteiger partial charge is 0.332 e. The fourth-order valence-electron chi connectivity index (χ4n) is 3.23. The average Bonchev–Trinajstić information content (AvgIpc) is 3.24. The summed E-state index contributed by atoms with van der Waals surface area (Å²) < 4.78 is 1.99. The van der Waals surface area contributed by atoms with Crippen molar-refractivity contribution in [2.24, 2.45) is 5.73 Å². The highest BCUT2D eigenvalue weighted by atomic mass is 15.0. The summed E-state index contributed by atoms with van der Waals surface area (Å²) in [5.74, 6) is 0. The number of nitrogens with zero attached hydrogens (tertiary/aromatic N) is 5. The van der Waals surface area contributed by atoms with Gasteiger partial charge < -0.3 is 10.3 Å². The summed E-state index contributed by atoms with van der Waals surface area (Å²) in [5.41, 5.74) is 11.9. The highest BCUT2D eigenvalue weighted by Gasteiger charge is 2.10. The number of pyridine rings is 2. The van der Waals surface area contributed by atoms with E-state index < -0.39 is 0 Å². The van der Waals surface area contributed by atoms with E-state index in [0.29, 0.717) is 18.7 Å². The third-order valence-corrected chi connectivity index (χ3v) is 4.68. The SMILES string of the molecule is N#Cc1ccc(-c2ccc(CCN)cn2)c(Cn2cnc(-c3ccccn3)c2)c1. The van der Waals surface area contributed by atoms with E-state index >= 15 is 0 Å². The Morgan fingerprint density at radius 1 is 0.966 bits per heavy atom. The molecule has 4 aromatic rings. The molecule has 1 aromatic carbocycles. The summed E-state index contributed by atoms with van der Waals surface area (Å²) in [7, 11) is 0. The molecule has 0 fully saturated rings. The van der Waals surface area contributed by atoms with E-state index in [1.807, 2.05) is 65.5 Å². The second kappa shape index (κ2) is 8.46. The van der Waals surface area contributed by atoms with Gasteiger partial charge in [0.05, 0.1) is 29.3 Å². The molecule has 0 bridgehead atoms. The summed E-state index contributed by atoms with van der Waals surface area (Å²) in [5, 5.41) is 9.33. The molecular weight excluding hydrogens is 360 g/mol. The summed E-state index contributed by atoms with van der Waals surface area (Å²) in [4.78, 5) is 13.4. The van der Waals surface area contributed by atoms with Crippen LogP contribution in [0.4, 0.5) is 0 Å². The van der Waals surface area contributed by atoms with Crippen molar-refractivity contribution in [3.63, 3.8) is 0 Å². The molecule has 29 heavy (non-hydrogen) atoms. The van der Waals surface area contributed by atoms with Crippen LogP contribution in [0.15, 0.2) is 73.4 Å². The zero-order chi connectivity index (χ0) is 20.1. The molecule has 6 nitrogen and oxygen atoms in total. The molecule has 0 spiro atoms. The van der Waals surface area contributed by atoms with E-state index in [4.69, 9.17) is 5.73 Å². The number of rotatable bonds is 6. The lowest BCUT2D eigenvalue weighted by molar-refractivity contribution is 0.798. The van der Waals surface area contributed by atoms with Gasteiger partial charge in [-0.2, -0.15) is 5.26 Å². The summed E-state index contributed by atoms with van der Waals surface area (Å²) in [6.45, 7) is 1.18. The van der Waals surface area contributed by atoms with Gasteiger partial charge in [-0.25, -0.2) is 4.98 Å². The van der Waals surface area contributed by atoms with Crippen LogP contribution in [0, 0.1) is 11.3 Å². The summed E-state index contributed by atoms with van der Waals surface area (Å²) in [6, 6.07) is 17.7. The highest BCUT2D eigenvalue weighted by molar-refractivity contribution is 5.65. The van der Waals surface area contributed by atoms with E-state index in [9.17, 15) is 5.26 Å². The van der Waals surface area contributed by atoms with Crippen LogP contribution in [0.5, 0.6) is 0 Å². The van der Waals surface area contributed by atoms with Gasteiger partial charge in [-0.3, -0.25) is 9.97 Å². The Labute approximate surface area is 169 Å². The van der Waals surface area contributed by atoms with Gasteiger partial charge >= 0.3 is 0 Å². The van der Waals surface area contributed by atoms with Crippen molar-refractivity contribution in [2.45, 2.75) is 13.0 Å². The van der Waals surface area contributed by atoms with Crippen molar-refractivity contribution >= 4 is 0 Å². The fraction of sp³-hybridized carbons (Fsp3) is 0.130. The van der Waals surface area contributed by atoms with E-state index in [2.05, 4.69) is 21.0 Å². The van der Waals surface area contributed by atoms with Gasteiger partial charge in [0.15, 0.2) is 0 Å². The van der Waals surface area contributed by atoms with Crippen LogP contribution in [-0.4, -0.2) is 26.1 Å². The Morgan fingerprint density at radius 3 is 2.62 bits per heavy atom. The Bertz CT molecular complexity index is 1140. The van der Waals surface area contributed by atoms with Crippen LogP contribution >= 0.6 is 0 Å². The topological polar surface area (TPSA) is 93.4 Å². The monoisotopic (exact) mass is 380 g/mol. The molecule has 142 valence electrons. The van der Waals surface area contributed by atoms with Crippen molar-refractivity contribution in [1.29, 1.82) is 5.26 Å². The first kappa shape index (κ1) is 18.5. The highest BCUT2D eigenvalue weighted by Crippen LogP contribution is 2.25. The lowest BCUT2D eigenvalue weighted by Gasteiger charge is -2.11. The van der Waals surface area contributed by atoms with E-state index in [1.165, 1.54) is 0 Å². The second-order valence-electron chi connectivity index (χ2n) is 6.72. The molecule has 0 aliphatic heterocycles. The van der Waals surface area contributed by atoms with Gasteiger partial charge in [-0.05, 0) is 54.4 Å². The Kier molecular flexibility index (Phi) is 5.41. The van der Waals surface area contributed by atoms with E-state index in [-0.39, 0.29) is 0 Å². The predicted molar refractivity (Wildman–Crippen MR) is 112 cm³/mol. The number of benzene rings is 1. The standard InChI is InChI=1S/C23H20N6/c24-9-8-17-5-7-21(27-13-17)20-6-4-18(12-25)11-19(20)14-29-15-23(28-16-29)22-3-1-2-10-26-22/h1-7,10-11,13,15-16H,8-9,14,24H2. The zero-order valence-electron chi connectivity index (χ0n) is 15.9. The predicted octanol–water partition coefficient (Wildman–Crippen LogP) is 3.43. The lowest BCUT2D eigenvalue weighted by Crippen LogP contribution is -2.03. The van der Waals surface area contributed by atoms with Crippen LogP contribution in [0.25, 0.3) is 22.6 Å². The Morgan fingerprint density at radius 2 is 1.90 bits per heavy atom. The molecule has 0 aliphatic carbocycles. The molecule has 2 N–H and O–H groups in total. The van der Waals surface area contributed by atoms with Crippen molar-refractivity contribution < 1.29 is 0 Å². The first-order chi connectivity index (χ1) is 14.3. The Hall–Kier alpha value is -3.82. The van der Waals surface area contributed by atoms with Gasteiger partial charge in [0.25, 0.3) is 0 Å². The quantitative estimate of drug-likeness (QED) is 0.553. The number of hydrogen-bond acceptors (Lipinski definition) is 5. The van der Waals surface area contributed by atoms with Crippen molar-refractivity contribution in [3.8, 4) is 28.7 Å². The third-order valence-electron chi connectivity index (χ3n) is 4.68. The van der Waals surface area contributed by atoms with Crippen molar-refractivity contribution in [2.75, 3.05) is 6.54 Å². The molecule has 0 unspecified atom stereocenters. The molecular formula is C23H20N6. The first-order valence-corrected chi connectivity index (χ1v) is 9.38. The molecule has 0 aliphatic rings. The maximum Gasteiger partial charge on any atom is 0.107 e. The van der Waals surface area contributed by atoms with Crippen LogP contribution < -0.4 is 5.73 Å². The lowest BCUT2D eigenvalue weighted by atomic mass is 10.0. The number of imidazole rings is 1. The fourth-order valence-corrected chi connectivity index (χ4v) is 3.23. The summed E-state index contributed by atoms with van der Waals surface area (Å²) in [6.07, 6.45) is 8.16. The molecule has 0 atom stereocenters. The molecule has 0 amide bonds. The van der Waals surface area contributed by atoms with E-state index in [0.717, 1.165) is 40.2 Å². The normalized spacial score (nSPS) is 10.6. The smallest absolute Gasteiger partial charge is 0.107 e. The zero-order valence-corrected chi connectivity index (χ0v) is 15.9. The van der Waals surface area contributed by atoms with Crippen LogP contribution in [0.1, 0.15) is 16.7 Å². The van der Waals surface area contributed by atoms with Gasteiger partial charge in [0.1, 0.15) is 5.69 Å². The average molecular weight is 380 g/mol. The first-order valence-electron chi connectivity index (χ1n) is 9.38. The van der Waals surface area contributed by atoms with Gasteiger partial charge in [0, 0.05) is 30.7 Å². The molecule has 0 saturated heterocycles. The number of aromatic nitrogens is 4. The molecule has 0 saturated carbocycles. The summed E-state index contributed by atoms with van der Waals surface area (Å²) >= 11 is 0. The second-order valence-corrected chi connectivity index (χ2v) is 6.72. The van der Waals surface area contributed by atoms with Crippen LogP contribution in [0.3, 0.4) is 0 Å². The maximum atomic E-state index is 9.33. The van der Waals surface area contributed by atoms with E-state index in [1.54, 1.807) is 12.5 Å². The Balaban J connectivity index is 1.66. The minimum absolute atomic E-state index is 0.580. The minimum atomic E-state index is 0.580. The number of nitrogens with two attached hydrogens (primary N) is 1.